The lowest BCUT2D eigenvalue weighted by Crippen LogP contribution is -2.44. The summed E-state index contributed by atoms with van der Waals surface area (Å²) < 4.78 is 0. The molecule has 1 fully saturated rings. The molecule has 17 heavy (non-hydrogen) atoms. The van der Waals surface area contributed by atoms with Gasteiger partial charge in [0.25, 0.3) is 0 Å². The fourth-order valence-electron chi connectivity index (χ4n) is 1.46. The lowest BCUT2D eigenvalue weighted by Gasteiger charge is -2.27. The highest BCUT2D eigenvalue weighted by molar-refractivity contribution is 7.09. The summed E-state index contributed by atoms with van der Waals surface area (Å²) in [6.07, 6.45) is 0.697. The van der Waals surface area contributed by atoms with Crippen LogP contribution < -0.4 is 5.32 Å². The van der Waals surface area contributed by atoms with Crippen molar-refractivity contribution in [3.8, 4) is 0 Å². The van der Waals surface area contributed by atoms with E-state index in [1.54, 1.807) is 4.90 Å². The highest BCUT2D eigenvalue weighted by atomic mass is 32.1. The van der Waals surface area contributed by atoms with Crippen LogP contribution in [0.4, 0.5) is 4.79 Å². The summed E-state index contributed by atoms with van der Waals surface area (Å²) in [5.74, 6) is -1.05. The third-order valence-corrected chi connectivity index (χ3v) is 3.18. The molecule has 90 valence electrons. The lowest BCUT2D eigenvalue weighted by atomic mass is 10.2. The first kappa shape index (κ1) is 11.6. The second-order valence-corrected chi connectivity index (χ2v) is 4.58. The molecule has 2 amide bonds. The second kappa shape index (κ2) is 4.54. The third-order valence-electron chi connectivity index (χ3n) is 2.35. The first-order valence-electron chi connectivity index (χ1n) is 4.97. The monoisotopic (exact) mass is 253 g/mol. The minimum absolute atomic E-state index is 0.0202. The predicted octanol–water partition coefficient (Wildman–Crippen LogP) is 1.27. The maximum Gasteiger partial charge on any atom is 0.355 e. The quantitative estimate of drug-likeness (QED) is 0.849. The number of carbonyl (C=O) groups is 2. The van der Waals surface area contributed by atoms with E-state index in [-0.39, 0.29) is 11.7 Å². The van der Waals surface area contributed by atoms with Gasteiger partial charge in [0.1, 0.15) is 5.01 Å². The van der Waals surface area contributed by atoms with Crippen molar-refractivity contribution in [3.05, 3.63) is 28.4 Å². The van der Waals surface area contributed by atoms with Gasteiger partial charge in [-0.3, -0.25) is 0 Å². The van der Waals surface area contributed by atoms with E-state index < -0.39 is 5.97 Å². The summed E-state index contributed by atoms with van der Waals surface area (Å²) >= 11 is 1.24. The Kier molecular flexibility index (Phi) is 3.10. The number of aromatic nitrogens is 1. The second-order valence-electron chi connectivity index (χ2n) is 3.64. The van der Waals surface area contributed by atoms with Gasteiger partial charge in [0.2, 0.25) is 0 Å². The summed E-state index contributed by atoms with van der Waals surface area (Å²) in [5.41, 5.74) is 0.725. The molecule has 0 spiro atoms. The van der Waals surface area contributed by atoms with E-state index >= 15 is 0 Å². The van der Waals surface area contributed by atoms with Crippen LogP contribution in [-0.2, 0) is 6.54 Å². The topological polar surface area (TPSA) is 82.5 Å². The van der Waals surface area contributed by atoms with Gasteiger partial charge in [-0.25, -0.2) is 14.6 Å². The fraction of sp³-hybridized carbons (Fsp3) is 0.300. The van der Waals surface area contributed by atoms with Crippen molar-refractivity contribution in [2.45, 2.75) is 13.0 Å². The molecule has 0 aliphatic carbocycles. The van der Waals surface area contributed by atoms with E-state index in [0.717, 1.165) is 0 Å². The molecule has 2 N–H and O–H groups in total. The van der Waals surface area contributed by atoms with Gasteiger partial charge in [0, 0.05) is 24.0 Å². The maximum absolute atomic E-state index is 11.6. The Bertz CT molecular complexity index is 483. The summed E-state index contributed by atoms with van der Waals surface area (Å²) in [4.78, 5) is 27.7. The largest absolute Gasteiger partial charge is 0.476 e. The van der Waals surface area contributed by atoms with E-state index in [1.807, 2.05) is 0 Å². The molecule has 0 aromatic carbocycles. The van der Waals surface area contributed by atoms with Gasteiger partial charge in [-0.1, -0.05) is 6.58 Å². The van der Waals surface area contributed by atoms with Crippen molar-refractivity contribution in [1.82, 2.24) is 15.2 Å². The zero-order valence-corrected chi connectivity index (χ0v) is 9.79. The Morgan fingerprint density at radius 2 is 2.47 bits per heavy atom. The molecule has 0 saturated carbocycles. The molecule has 0 radical (unpaired) electrons. The number of nitrogens with one attached hydrogen (secondary N) is 1. The lowest BCUT2D eigenvalue weighted by molar-refractivity contribution is 0.0691. The van der Waals surface area contributed by atoms with Crippen molar-refractivity contribution in [3.63, 3.8) is 0 Å². The van der Waals surface area contributed by atoms with E-state index in [4.69, 9.17) is 5.11 Å². The average Bonchev–Trinajstić information content (AvgIpc) is 2.71. The Labute approximate surface area is 102 Å². The molecular formula is C10H11N3O3S. The van der Waals surface area contributed by atoms with Gasteiger partial charge in [0.15, 0.2) is 5.69 Å². The molecule has 1 aliphatic rings. The van der Waals surface area contributed by atoms with Gasteiger partial charge >= 0.3 is 12.0 Å². The zero-order chi connectivity index (χ0) is 12.4. The number of urea groups is 1. The molecule has 1 aliphatic heterocycles. The van der Waals surface area contributed by atoms with Crippen LogP contribution in [0.1, 0.15) is 21.9 Å². The number of rotatable bonds is 3. The van der Waals surface area contributed by atoms with E-state index in [1.165, 1.54) is 16.7 Å². The number of aromatic carboxylic acids is 1. The van der Waals surface area contributed by atoms with Gasteiger partial charge in [-0.2, -0.15) is 0 Å². The molecule has 1 aromatic rings. The van der Waals surface area contributed by atoms with Crippen LogP contribution >= 0.6 is 11.3 Å². The first-order valence-corrected chi connectivity index (χ1v) is 5.85. The minimum atomic E-state index is -1.05. The predicted molar refractivity (Wildman–Crippen MR) is 61.8 cm³/mol. The molecule has 1 saturated heterocycles. The number of amides is 2. The Morgan fingerprint density at radius 1 is 1.71 bits per heavy atom. The molecule has 2 rings (SSSR count). The van der Waals surface area contributed by atoms with Crippen molar-refractivity contribution in [2.24, 2.45) is 0 Å². The van der Waals surface area contributed by atoms with Crippen LogP contribution in [0, 0.1) is 0 Å². The smallest absolute Gasteiger partial charge is 0.355 e. The van der Waals surface area contributed by atoms with Crippen LogP contribution in [0.3, 0.4) is 0 Å². The van der Waals surface area contributed by atoms with Crippen LogP contribution in [0.5, 0.6) is 0 Å². The maximum atomic E-state index is 11.6. The zero-order valence-electron chi connectivity index (χ0n) is 8.97. The van der Waals surface area contributed by atoms with Crippen LogP contribution in [0.2, 0.25) is 0 Å². The number of nitrogens with zero attached hydrogens (tertiary/aromatic N) is 2. The van der Waals surface area contributed by atoms with Gasteiger partial charge in [-0.05, 0) is 0 Å². The Balaban J connectivity index is 2.02. The summed E-state index contributed by atoms with van der Waals surface area (Å²) in [5, 5.41) is 13.4. The SMILES string of the molecule is C=C1CCN(Cc2nc(C(=O)O)cs2)C(=O)N1. The van der Waals surface area contributed by atoms with E-state index in [9.17, 15) is 9.59 Å². The van der Waals surface area contributed by atoms with Crippen LogP contribution in [0.25, 0.3) is 0 Å². The van der Waals surface area contributed by atoms with Crippen LogP contribution in [-0.4, -0.2) is 33.5 Å². The molecule has 0 unspecified atom stereocenters. The van der Waals surface area contributed by atoms with Gasteiger partial charge in [-0.15, -0.1) is 11.3 Å². The average molecular weight is 253 g/mol. The van der Waals surface area contributed by atoms with Crippen molar-refractivity contribution in [2.75, 3.05) is 6.54 Å². The standard InChI is InChI=1S/C10H11N3O3S/c1-6-2-3-13(10(16)11-6)4-8-12-7(5-17-8)9(14)15/h5H,1-4H2,(H,11,16)(H,14,15). The van der Waals surface area contributed by atoms with Crippen LogP contribution in [0.15, 0.2) is 17.7 Å². The first-order chi connectivity index (χ1) is 8.06. The molecular weight excluding hydrogens is 242 g/mol. The molecule has 2 heterocycles. The third kappa shape index (κ3) is 2.62. The molecule has 1 aromatic heterocycles. The highest BCUT2D eigenvalue weighted by Gasteiger charge is 2.21. The Morgan fingerprint density at radius 3 is 3.06 bits per heavy atom. The number of hydrogen-bond acceptors (Lipinski definition) is 4. The number of carboxylic acid groups (broad SMARTS) is 1. The summed E-state index contributed by atoms with van der Waals surface area (Å²) in [7, 11) is 0. The highest BCUT2D eigenvalue weighted by Crippen LogP contribution is 2.15. The molecule has 6 nitrogen and oxygen atoms in total. The molecule has 0 atom stereocenters. The number of hydrogen-bond donors (Lipinski definition) is 2. The molecule has 7 heteroatoms. The minimum Gasteiger partial charge on any atom is -0.476 e. The normalized spacial score (nSPS) is 15.9. The van der Waals surface area contributed by atoms with Gasteiger partial charge in [0.05, 0.1) is 6.54 Å². The van der Waals surface area contributed by atoms with Crippen molar-refractivity contribution < 1.29 is 14.7 Å². The van der Waals surface area contributed by atoms with E-state index in [0.29, 0.717) is 30.2 Å². The number of carbonyl (C=O) groups excluding carboxylic acids is 1. The molecule has 0 bridgehead atoms. The van der Waals surface area contributed by atoms with E-state index in [2.05, 4.69) is 16.9 Å². The fourth-order valence-corrected chi connectivity index (χ4v) is 2.24. The summed E-state index contributed by atoms with van der Waals surface area (Å²) in [6, 6.07) is -0.215. The summed E-state index contributed by atoms with van der Waals surface area (Å²) in [6.45, 7) is 4.59. The van der Waals surface area contributed by atoms with Crippen molar-refractivity contribution >= 4 is 23.3 Å². The Hall–Kier alpha value is -1.89. The number of carboxylic acids is 1. The van der Waals surface area contributed by atoms with Crippen molar-refractivity contribution in [1.29, 1.82) is 0 Å². The van der Waals surface area contributed by atoms with Gasteiger partial charge < -0.3 is 15.3 Å². The number of thiazole rings is 1.